The molecule has 0 radical (unpaired) electrons. The molecule has 0 bridgehead atoms. The number of nitrogens with one attached hydrogen (secondary N) is 1. The summed E-state index contributed by atoms with van der Waals surface area (Å²) < 4.78 is 0. The van der Waals surface area contributed by atoms with Gasteiger partial charge in [0.15, 0.2) is 0 Å². The second-order valence-corrected chi connectivity index (χ2v) is 3.84. The van der Waals surface area contributed by atoms with Gasteiger partial charge in [0.1, 0.15) is 6.04 Å². The third-order valence-electron chi connectivity index (χ3n) is 2.51. The van der Waals surface area contributed by atoms with Crippen molar-refractivity contribution in [3.63, 3.8) is 0 Å². The largest absolute Gasteiger partial charge is 0.480 e. The molecule has 1 atom stereocenters. The van der Waals surface area contributed by atoms with Crippen molar-refractivity contribution in [1.82, 2.24) is 5.32 Å². The predicted octanol–water partition coefficient (Wildman–Crippen LogP) is 2.59. The molecular formula is C13H19NO2. The van der Waals surface area contributed by atoms with Crippen LogP contribution in [0.5, 0.6) is 0 Å². The highest BCUT2D eigenvalue weighted by atomic mass is 16.4. The van der Waals surface area contributed by atoms with Gasteiger partial charge >= 0.3 is 5.97 Å². The molecule has 3 nitrogen and oxygen atoms in total. The number of hydrogen-bond donors (Lipinski definition) is 2. The van der Waals surface area contributed by atoms with Gasteiger partial charge in [-0.1, -0.05) is 50.1 Å². The number of unbranched alkanes of at least 4 members (excludes halogenated alkanes) is 2. The average molecular weight is 221 g/mol. The first-order valence-electron chi connectivity index (χ1n) is 5.77. The van der Waals surface area contributed by atoms with Gasteiger partial charge in [0, 0.05) is 0 Å². The van der Waals surface area contributed by atoms with Gasteiger partial charge in [-0.15, -0.1) is 0 Å². The van der Waals surface area contributed by atoms with E-state index in [1.54, 1.807) is 0 Å². The number of benzene rings is 1. The topological polar surface area (TPSA) is 49.3 Å². The fourth-order valence-corrected chi connectivity index (χ4v) is 1.61. The molecule has 0 aromatic heterocycles. The fourth-order valence-electron chi connectivity index (χ4n) is 1.61. The minimum atomic E-state index is -0.817. The molecule has 0 unspecified atom stereocenters. The zero-order valence-electron chi connectivity index (χ0n) is 9.65. The highest BCUT2D eigenvalue weighted by Crippen LogP contribution is 2.12. The van der Waals surface area contributed by atoms with Crippen LogP contribution in [0, 0.1) is 0 Å². The third kappa shape index (κ3) is 4.03. The third-order valence-corrected chi connectivity index (χ3v) is 2.51. The molecule has 0 spiro atoms. The molecule has 2 N–H and O–H groups in total. The Bertz CT molecular complexity index is 311. The van der Waals surface area contributed by atoms with Crippen LogP contribution in [-0.4, -0.2) is 17.6 Å². The summed E-state index contributed by atoms with van der Waals surface area (Å²) in [5.41, 5.74) is 0.812. The van der Waals surface area contributed by atoms with Gasteiger partial charge in [0.2, 0.25) is 0 Å². The number of aliphatic carboxylic acids is 1. The quantitative estimate of drug-likeness (QED) is 0.696. The molecular weight excluding hydrogens is 202 g/mol. The van der Waals surface area contributed by atoms with Gasteiger partial charge in [0.25, 0.3) is 0 Å². The number of hydrogen-bond acceptors (Lipinski definition) is 2. The van der Waals surface area contributed by atoms with Crippen LogP contribution in [-0.2, 0) is 4.79 Å². The predicted molar refractivity (Wildman–Crippen MR) is 64.3 cm³/mol. The van der Waals surface area contributed by atoms with Crippen molar-refractivity contribution in [2.24, 2.45) is 0 Å². The smallest absolute Gasteiger partial charge is 0.325 e. The molecule has 0 amide bonds. The number of rotatable bonds is 7. The molecule has 0 saturated carbocycles. The van der Waals surface area contributed by atoms with Crippen molar-refractivity contribution in [3.05, 3.63) is 35.9 Å². The number of carbonyl (C=O) groups is 1. The minimum Gasteiger partial charge on any atom is -0.480 e. The zero-order chi connectivity index (χ0) is 11.8. The van der Waals surface area contributed by atoms with E-state index in [0.29, 0.717) is 0 Å². The van der Waals surface area contributed by atoms with E-state index in [-0.39, 0.29) is 0 Å². The van der Waals surface area contributed by atoms with E-state index in [4.69, 9.17) is 5.11 Å². The van der Waals surface area contributed by atoms with Crippen LogP contribution in [0.3, 0.4) is 0 Å². The molecule has 88 valence electrons. The van der Waals surface area contributed by atoms with Crippen LogP contribution >= 0.6 is 0 Å². The summed E-state index contributed by atoms with van der Waals surface area (Å²) in [7, 11) is 0. The van der Waals surface area contributed by atoms with Crippen molar-refractivity contribution in [2.75, 3.05) is 6.54 Å². The summed E-state index contributed by atoms with van der Waals surface area (Å²) in [6, 6.07) is 8.70. The first kappa shape index (κ1) is 12.7. The monoisotopic (exact) mass is 221 g/mol. The van der Waals surface area contributed by atoms with Crippen molar-refractivity contribution in [3.8, 4) is 0 Å². The lowest BCUT2D eigenvalue weighted by molar-refractivity contribution is -0.139. The van der Waals surface area contributed by atoms with Crippen LogP contribution in [0.1, 0.15) is 37.8 Å². The molecule has 0 fully saturated rings. The number of carboxylic acid groups (broad SMARTS) is 1. The molecule has 0 heterocycles. The Morgan fingerprint density at radius 3 is 2.56 bits per heavy atom. The van der Waals surface area contributed by atoms with Crippen molar-refractivity contribution >= 4 is 5.97 Å². The fraction of sp³-hybridized carbons (Fsp3) is 0.462. The Balaban J connectivity index is 2.52. The van der Waals surface area contributed by atoms with Gasteiger partial charge in [-0.3, -0.25) is 4.79 Å². The van der Waals surface area contributed by atoms with Crippen molar-refractivity contribution in [2.45, 2.75) is 32.2 Å². The summed E-state index contributed by atoms with van der Waals surface area (Å²) in [5.74, 6) is -0.817. The van der Waals surface area contributed by atoms with Crippen LogP contribution in [0.4, 0.5) is 0 Å². The molecule has 0 aliphatic rings. The van der Waals surface area contributed by atoms with Gasteiger partial charge < -0.3 is 10.4 Å². The molecule has 16 heavy (non-hydrogen) atoms. The van der Waals surface area contributed by atoms with E-state index in [2.05, 4.69) is 12.2 Å². The van der Waals surface area contributed by atoms with Crippen LogP contribution in [0.2, 0.25) is 0 Å². The van der Waals surface area contributed by atoms with E-state index in [0.717, 1.165) is 31.4 Å². The number of carboxylic acids is 1. The summed E-state index contributed by atoms with van der Waals surface area (Å²) in [5, 5.41) is 12.2. The summed E-state index contributed by atoms with van der Waals surface area (Å²) in [4.78, 5) is 11.1. The maximum absolute atomic E-state index is 11.1. The molecule has 0 aliphatic heterocycles. The highest BCUT2D eigenvalue weighted by molar-refractivity contribution is 5.75. The van der Waals surface area contributed by atoms with Gasteiger partial charge in [0.05, 0.1) is 0 Å². The summed E-state index contributed by atoms with van der Waals surface area (Å²) >= 11 is 0. The SMILES string of the molecule is CCCCCN[C@@H](C(=O)O)c1ccccc1. The normalized spacial score (nSPS) is 12.3. The molecule has 0 saturated heterocycles. The van der Waals surface area contributed by atoms with E-state index >= 15 is 0 Å². The Hall–Kier alpha value is -1.35. The molecule has 1 aromatic rings. The lowest BCUT2D eigenvalue weighted by Crippen LogP contribution is -2.29. The standard InChI is InChI=1S/C13H19NO2/c1-2-3-7-10-14-12(13(15)16)11-8-5-4-6-9-11/h4-6,8-9,12,14H,2-3,7,10H2,1H3,(H,15,16)/t12-/m1/s1. The minimum absolute atomic E-state index is 0.585. The maximum atomic E-state index is 11.1. The summed E-state index contributed by atoms with van der Waals surface area (Å²) in [6.45, 7) is 2.88. The Labute approximate surface area is 96.5 Å². The van der Waals surface area contributed by atoms with Crippen molar-refractivity contribution < 1.29 is 9.90 Å². The second-order valence-electron chi connectivity index (χ2n) is 3.84. The Kier molecular flexibility index (Phi) is 5.57. The maximum Gasteiger partial charge on any atom is 0.325 e. The van der Waals surface area contributed by atoms with E-state index in [1.165, 1.54) is 0 Å². The van der Waals surface area contributed by atoms with Crippen LogP contribution < -0.4 is 5.32 Å². The molecule has 1 aromatic carbocycles. The van der Waals surface area contributed by atoms with Crippen LogP contribution in [0.15, 0.2) is 30.3 Å². The van der Waals surface area contributed by atoms with Gasteiger partial charge in [-0.2, -0.15) is 0 Å². The molecule has 3 heteroatoms. The second kappa shape index (κ2) is 7.01. The lowest BCUT2D eigenvalue weighted by Gasteiger charge is -2.14. The van der Waals surface area contributed by atoms with Crippen molar-refractivity contribution in [1.29, 1.82) is 0 Å². The lowest BCUT2D eigenvalue weighted by atomic mass is 10.1. The first-order valence-corrected chi connectivity index (χ1v) is 5.77. The first-order chi connectivity index (χ1) is 7.75. The Morgan fingerprint density at radius 2 is 2.00 bits per heavy atom. The molecule has 1 rings (SSSR count). The average Bonchev–Trinajstić information content (AvgIpc) is 2.30. The van der Waals surface area contributed by atoms with E-state index < -0.39 is 12.0 Å². The zero-order valence-corrected chi connectivity index (χ0v) is 9.65. The van der Waals surface area contributed by atoms with E-state index in [1.807, 2.05) is 30.3 Å². The highest BCUT2D eigenvalue weighted by Gasteiger charge is 2.17. The van der Waals surface area contributed by atoms with E-state index in [9.17, 15) is 4.79 Å². The van der Waals surface area contributed by atoms with Gasteiger partial charge in [-0.25, -0.2) is 0 Å². The molecule has 0 aliphatic carbocycles. The van der Waals surface area contributed by atoms with Crippen LogP contribution in [0.25, 0.3) is 0 Å². The summed E-state index contributed by atoms with van der Waals surface area (Å²) in [6.07, 6.45) is 3.30. The Morgan fingerprint density at radius 1 is 1.31 bits per heavy atom. The van der Waals surface area contributed by atoms with Gasteiger partial charge in [-0.05, 0) is 18.5 Å².